The van der Waals surface area contributed by atoms with Gasteiger partial charge < -0.3 is 9.88 Å². The van der Waals surface area contributed by atoms with Crippen LogP contribution in [0, 0.1) is 0 Å². The second kappa shape index (κ2) is 8.95. The first kappa shape index (κ1) is 20.5. The van der Waals surface area contributed by atoms with Crippen molar-refractivity contribution in [3.05, 3.63) is 79.1 Å². The highest BCUT2D eigenvalue weighted by molar-refractivity contribution is 5.67. The first-order chi connectivity index (χ1) is 15.0. The Kier molecular flexibility index (Phi) is 5.92. The predicted octanol–water partition coefficient (Wildman–Crippen LogP) is 4.92. The lowest BCUT2D eigenvalue weighted by molar-refractivity contribution is -0.137. The molecule has 0 aliphatic carbocycles. The highest BCUT2D eigenvalue weighted by atomic mass is 19.4. The molecule has 0 aliphatic rings. The van der Waals surface area contributed by atoms with Crippen molar-refractivity contribution in [2.24, 2.45) is 0 Å². The van der Waals surface area contributed by atoms with E-state index in [4.69, 9.17) is 0 Å². The van der Waals surface area contributed by atoms with E-state index in [1.165, 1.54) is 6.07 Å². The fraction of sp³-hybridized carbons (Fsp3) is 0.182. The molecule has 3 aromatic heterocycles. The molecule has 31 heavy (non-hydrogen) atoms. The van der Waals surface area contributed by atoms with E-state index in [2.05, 4.69) is 25.3 Å². The molecular formula is C22H19F3N6. The van der Waals surface area contributed by atoms with Gasteiger partial charge in [0.25, 0.3) is 0 Å². The molecule has 0 saturated heterocycles. The Morgan fingerprint density at radius 3 is 2.55 bits per heavy atom. The van der Waals surface area contributed by atoms with Gasteiger partial charge in [-0.05, 0) is 30.7 Å². The van der Waals surface area contributed by atoms with E-state index < -0.39 is 11.7 Å². The SMILES string of the molecule is FC(F)(F)c1cccc(-c2cc(NCCCn3ccnc3)nc(-c3cccnc3)n2)c1. The second-order valence-electron chi connectivity index (χ2n) is 6.86. The zero-order valence-corrected chi connectivity index (χ0v) is 16.4. The third kappa shape index (κ3) is 5.25. The Hall–Kier alpha value is -3.75. The fourth-order valence-corrected chi connectivity index (χ4v) is 3.06. The van der Waals surface area contributed by atoms with Crippen LogP contribution in [0.1, 0.15) is 12.0 Å². The van der Waals surface area contributed by atoms with Crippen LogP contribution in [0.15, 0.2) is 73.6 Å². The fourth-order valence-electron chi connectivity index (χ4n) is 3.06. The number of alkyl halides is 3. The topological polar surface area (TPSA) is 68.5 Å². The molecular weight excluding hydrogens is 405 g/mol. The summed E-state index contributed by atoms with van der Waals surface area (Å²) in [6.45, 7) is 1.41. The molecule has 4 aromatic rings. The molecule has 0 amide bonds. The van der Waals surface area contributed by atoms with Crippen molar-refractivity contribution in [3.8, 4) is 22.6 Å². The minimum Gasteiger partial charge on any atom is -0.370 e. The number of aryl methyl sites for hydroxylation is 1. The lowest BCUT2D eigenvalue weighted by Crippen LogP contribution is -2.08. The van der Waals surface area contributed by atoms with Crippen LogP contribution in [0.25, 0.3) is 22.6 Å². The van der Waals surface area contributed by atoms with Crippen LogP contribution in [-0.4, -0.2) is 31.0 Å². The molecule has 0 atom stereocenters. The summed E-state index contributed by atoms with van der Waals surface area (Å²) in [7, 11) is 0. The maximum absolute atomic E-state index is 13.2. The van der Waals surface area contributed by atoms with Crippen molar-refractivity contribution in [2.45, 2.75) is 19.1 Å². The quantitative estimate of drug-likeness (QED) is 0.427. The molecule has 0 bridgehead atoms. The standard InChI is InChI=1S/C22H19F3N6/c23-22(24,25)18-6-1-4-16(12-18)19-13-20(28-8-3-10-31-11-9-27-15-31)30-21(29-19)17-5-2-7-26-14-17/h1-2,4-7,9,11-15H,3,8,10H2,(H,28,29,30). The maximum atomic E-state index is 13.2. The number of nitrogens with zero attached hydrogens (tertiary/aromatic N) is 5. The first-order valence-electron chi connectivity index (χ1n) is 9.66. The summed E-state index contributed by atoms with van der Waals surface area (Å²) in [6.07, 6.45) is 5.00. The molecule has 0 saturated carbocycles. The van der Waals surface area contributed by atoms with Crippen molar-refractivity contribution in [1.82, 2.24) is 24.5 Å². The van der Waals surface area contributed by atoms with Crippen molar-refractivity contribution in [1.29, 1.82) is 0 Å². The minimum absolute atomic E-state index is 0.365. The zero-order chi connectivity index (χ0) is 21.7. The number of rotatable bonds is 7. The molecule has 1 aromatic carbocycles. The van der Waals surface area contributed by atoms with E-state index in [1.54, 1.807) is 49.2 Å². The molecule has 0 fully saturated rings. The van der Waals surface area contributed by atoms with Gasteiger partial charge in [-0.2, -0.15) is 13.2 Å². The lowest BCUT2D eigenvalue weighted by Gasteiger charge is -2.12. The van der Waals surface area contributed by atoms with Crippen molar-refractivity contribution < 1.29 is 13.2 Å². The third-order valence-electron chi connectivity index (χ3n) is 4.59. The van der Waals surface area contributed by atoms with Crippen LogP contribution in [0.4, 0.5) is 19.0 Å². The molecule has 1 N–H and O–H groups in total. The van der Waals surface area contributed by atoms with Crippen LogP contribution in [0.3, 0.4) is 0 Å². The van der Waals surface area contributed by atoms with Gasteiger partial charge in [-0.3, -0.25) is 4.98 Å². The summed E-state index contributed by atoms with van der Waals surface area (Å²) in [5.41, 5.74) is 0.722. The van der Waals surface area contributed by atoms with Crippen LogP contribution in [0.5, 0.6) is 0 Å². The van der Waals surface area contributed by atoms with Gasteiger partial charge in [0.05, 0.1) is 17.6 Å². The average molecular weight is 424 g/mol. The molecule has 4 rings (SSSR count). The van der Waals surface area contributed by atoms with Crippen molar-refractivity contribution in [3.63, 3.8) is 0 Å². The maximum Gasteiger partial charge on any atom is 0.416 e. The number of pyridine rings is 1. The Balaban J connectivity index is 1.62. The van der Waals surface area contributed by atoms with Crippen LogP contribution >= 0.6 is 0 Å². The summed E-state index contributed by atoms with van der Waals surface area (Å²) in [4.78, 5) is 17.1. The summed E-state index contributed by atoms with van der Waals surface area (Å²) < 4.78 is 41.5. The van der Waals surface area contributed by atoms with Crippen LogP contribution in [-0.2, 0) is 12.7 Å². The highest BCUT2D eigenvalue weighted by Gasteiger charge is 2.30. The molecule has 9 heteroatoms. The van der Waals surface area contributed by atoms with Gasteiger partial charge in [0.1, 0.15) is 5.82 Å². The van der Waals surface area contributed by atoms with Gasteiger partial charge in [0.2, 0.25) is 0 Å². The lowest BCUT2D eigenvalue weighted by atomic mass is 10.1. The van der Waals surface area contributed by atoms with E-state index in [9.17, 15) is 13.2 Å². The van der Waals surface area contributed by atoms with Crippen molar-refractivity contribution in [2.75, 3.05) is 11.9 Å². The number of hydrogen-bond acceptors (Lipinski definition) is 5. The predicted molar refractivity (Wildman–Crippen MR) is 111 cm³/mol. The molecule has 3 heterocycles. The Morgan fingerprint density at radius 2 is 1.81 bits per heavy atom. The van der Waals surface area contributed by atoms with Gasteiger partial charge >= 0.3 is 6.18 Å². The monoisotopic (exact) mass is 424 g/mol. The number of imidazole rings is 1. The molecule has 0 spiro atoms. The summed E-state index contributed by atoms with van der Waals surface area (Å²) in [5, 5.41) is 3.24. The number of benzene rings is 1. The van der Waals surface area contributed by atoms with E-state index >= 15 is 0 Å². The molecule has 0 radical (unpaired) electrons. The van der Waals surface area contributed by atoms with E-state index in [0.717, 1.165) is 25.1 Å². The molecule has 0 aliphatic heterocycles. The van der Waals surface area contributed by atoms with E-state index in [1.807, 2.05) is 10.8 Å². The van der Waals surface area contributed by atoms with Gasteiger partial charge in [-0.15, -0.1) is 0 Å². The normalized spacial score (nSPS) is 11.5. The number of nitrogens with one attached hydrogen (secondary N) is 1. The summed E-state index contributed by atoms with van der Waals surface area (Å²) in [6, 6.07) is 10.3. The Morgan fingerprint density at radius 1 is 0.935 bits per heavy atom. The van der Waals surface area contributed by atoms with Gasteiger partial charge in [0, 0.05) is 55.1 Å². The second-order valence-corrected chi connectivity index (χ2v) is 6.86. The number of halogens is 3. The zero-order valence-electron chi connectivity index (χ0n) is 16.4. The summed E-state index contributed by atoms with van der Waals surface area (Å²) >= 11 is 0. The number of aromatic nitrogens is 5. The first-order valence-corrected chi connectivity index (χ1v) is 9.66. The largest absolute Gasteiger partial charge is 0.416 e. The number of anilines is 1. The highest BCUT2D eigenvalue weighted by Crippen LogP contribution is 2.32. The molecule has 0 unspecified atom stereocenters. The smallest absolute Gasteiger partial charge is 0.370 e. The Labute approximate surface area is 176 Å². The van der Waals surface area contributed by atoms with E-state index in [-0.39, 0.29) is 0 Å². The van der Waals surface area contributed by atoms with E-state index in [0.29, 0.717) is 35.0 Å². The molecule has 158 valence electrons. The number of hydrogen-bond donors (Lipinski definition) is 1. The minimum atomic E-state index is -4.43. The van der Waals surface area contributed by atoms with Gasteiger partial charge in [0.15, 0.2) is 5.82 Å². The van der Waals surface area contributed by atoms with Gasteiger partial charge in [-0.25, -0.2) is 15.0 Å². The Bertz CT molecular complexity index is 1130. The van der Waals surface area contributed by atoms with Crippen LogP contribution < -0.4 is 5.32 Å². The van der Waals surface area contributed by atoms with Gasteiger partial charge in [-0.1, -0.05) is 12.1 Å². The average Bonchev–Trinajstić information content (AvgIpc) is 3.30. The summed E-state index contributed by atoms with van der Waals surface area (Å²) in [5.74, 6) is 0.923. The van der Waals surface area contributed by atoms with Crippen LogP contribution in [0.2, 0.25) is 0 Å². The van der Waals surface area contributed by atoms with Crippen molar-refractivity contribution >= 4 is 5.82 Å². The third-order valence-corrected chi connectivity index (χ3v) is 4.59. The molecule has 6 nitrogen and oxygen atoms in total.